The van der Waals surface area contributed by atoms with E-state index in [1.807, 2.05) is 7.05 Å². The van der Waals surface area contributed by atoms with Crippen LogP contribution < -0.4 is 10.6 Å². The monoisotopic (exact) mass is 448 g/mol. The van der Waals surface area contributed by atoms with Gasteiger partial charge in [0.25, 0.3) is 0 Å². The zero-order valence-electron chi connectivity index (χ0n) is 15.5. The lowest BCUT2D eigenvalue weighted by atomic mass is 9.64. The SMILES string of the molecule is CCc1nncn1CCNC(=NC)NCC1(CC(C)C)CCC1.I. The molecule has 1 heterocycles. The average molecular weight is 448 g/mol. The van der Waals surface area contributed by atoms with E-state index in [0.717, 1.165) is 43.8 Å². The second kappa shape index (κ2) is 10.2. The molecule has 1 aliphatic carbocycles. The van der Waals surface area contributed by atoms with Gasteiger partial charge in [-0.3, -0.25) is 4.99 Å². The number of hydrogen-bond donors (Lipinski definition) is 2. The third kappa shape index (κ3) is 5.89. The maximum absolute atomic E-state index is 4.34. The van der Waals surface area contributed by atoms with Gasteiger partial charge in [0.1, 0.15) is 12.2 Å². The first kappa shape index (κ1) is 21.2. The van der Waals surface area contributed by atoms with Gasteiger partial charge in [0.05, 0.1) is 0 Å². The van der Waals surface area contributed by atoms with E-state index in [0.29, 0.717) is 5.41 Å². The third-order valence-electron chi connectivity index (χ3n) is 4.77. The standard InChI is InChI=1S/C17H32N6.HI/c1-5-15-22-21-13-23(15)10-9-19-16(18-4)20-12-17(7-6-8-17)11-14(2)3;/h13-14H,5-12H2,1-4H3,(H2,18,19,20);1H. The van der Waals surface area contributed by atoms with E-state index in [2.05, 4.69) is 51.2 Å². The molecule has 24 heavy (non-hydrogen) atoms. The molecular weight excluding hydrogens is 415 g/mol. The second-order valence-electron chi connectivity index (χ2n) is 7.10. The summed E-state index contributed by atoms with van der Waals surface area (Å²) >= 11 is 0. The molecule has 0 radical (unpaired) electrons. The van der Waals surface area contributed by atoms with Crippen LogP contribution in [-0.2, 0) is 13.0 Å². The minimum Gasteiger partial charge on any atom is -0.356 e. The Morgan fingerprint density at radius 2 is 2.12 bits per heavy atom. The maximum Gasteiger partial charge on any atom is 0.191 e. The summed E-state index contributed by atoms with van der Waals surface area (Å²) in [5.74, 6) is 2.68. The minimum atomic E-state index is 0. The van der Waals surface area contributed by atoms with E-state index < -0.39 is 0 Å². The number of aliphatic imine (C=N–C) groups is 1. The van der Waals surface area contributed by atoms with Crippen molar-refractivity contribution in [3.63, 3.8) is 0 Å². The number of hydrogen-bond acceptors (Lipinski definition) is 3. The lowest BCUT2D eigenvalue weighted by molar-refractivity contribution is 0.104. The number of nitrogens with zero attached hydrogens (tertiary/aromatic N) is 4. The van der Waals surface area contributed by atoms with E-state index in [1.54, 1.807) is 6.33 Å². The smallest absolute Gasteiger partial charge is 0.191 e. The molecule has 0 amide bonds. The van der Waals surface area contributed by atoms with Crippen molar-refractivity contribution in [2.45, 2.75) is 59.4 Å². The topological polar surface area (TPSA) is 67.1 Å². The van der Waals surface area contributed by atoms with Gasteiger partial charge in [0.2, 0.25) is 0 Å². The van der Waals surface area contributed by atoms with Crippen LogP contribution in [0.3, 0.4) is 0 Å². The van der Waals surface area contributed by atoms with Crippen LogP contribution >= 0.6 is 24.0 Å². The Bertz CT molecular complexity index is 507. The molecule has 0 spiro atoms. The second-order valence-corrected chi connectivity index (χ2v) is 7.10. The summed E-state index contributed by atoms with van der Waals surface area (Å²) in [7, 11) is 1.83. The highest BCUT2D eigenvalue weighted by Gasteiger charge is 2.37. The molecule has 1 aromatic heterocycles. The van der Waals surface area contributed by atoms with Crippen molar-refractivity contribution in [1.29, 1.82) is 0 Å². The first-order valence-electron chi connectivity index (χ1n) is 8.90. The molecular formula is C17H33IN6. The summed E-state index contributed by atoms with van der Waals surface area (Å²) in [6.45, 7) is 9.43. The third-order valence-corrected chi connectivity index (χ3v) is 4.77. The van der Waals surface area contributed by atoms with Crippen LogP contribution in [0.1, 0.15) is 52.3 Å². The van der Waals surface area contributed by atoms with Crippen molar-refractivity contribution in [2.75, 3.05) is 20.1 Å². The molecule has 0 saturated heterocycles. The van der Waals surface area contributed by atoms with E-state index >= 15 is 0 Å². The van der Waals surface area contributed by atoms with Gasteiger partial charge in [-0.05, 0) is 30.6 Å². The summed E-state index contributed by atoms with van der Waals surface area (Å²) in [4.78, 5) is 4.34. The Labute approximate surface area is 163 Å². The van der Waals surface area contributed by atoms with Crippen molar-refractivity contribution in [3.05, 3.63) is 12.2 Å². The molecule has 0 aromatic carbocycles. The average Bonchev–Trinajstić information content (AvgIpc) is 2.94. The van der Waals surface area contributed by atoms with E-state index in [9.17, 15) is 0 Å². The molecule has 0 unspecified atom stereocenters. The maximum atomic E-state index is 4.34. The fourth-order valence-electron chi connectivity index (χ4n) is 3.52. The Morgan fingerprint density at radius 3 is 2.67 bits per heavy atom. The molecule has 0 bridgehead atoms. The number of guanidine groups is 1. The summed E-state index contributed by atoms with van der Waals surface area (Å²) in [5.41, 5.74) is 0.482. The highest BCUT2D eigenvalue weighted by molar-refractivity contribution is 14.0. The lowest BCUT2D eigenvalue weighted by Gasteiger charge is -2.43. The number of aryl methyl sites for hydroxylation is 1. The number of aromatic nitrogens is 3. The molecule has 7 heteroatoms. The highest BCUT2D eigenvalue weighted by atomic mass is 127. The minimum absolute atomic E-state index is 0. The molecule has 0 aliphatic heterocycles. The van der Waals surface area contributed by atoms with Crippen molar-refractivity contribution in [2.24, 2.45) is 16.3 Å². The van der Waals surface area contributed by atoms with Crippen LogP contribution in [0.4, 0.5) is 0 Å². The van der Waals surface area contributed by atoms with Crippen molar-refractivity contribution in [1.82, 2.24) is 25.4 Å². The summed E-state index contributed by atoms with van der Waals surface area (Å²) in [6, 6.07) is 0. The molecule has 6 nitrogen and oxygen atoms in total. The van der Waals surface area contributed by atoms with E-state index in [1.165, 1.54) is 25.7 Å². The molecule has 1 aromatic rings. The van der Waals surface area contributed by atoms with E-state index in [-0.39, 0.29) is 24.0 Å². The van der Waals surface area contributed by atoms with Crippen LogP contribution in [0, 0.1) is 11.3 Å². The predicted molar refractivity (Wildman–Crippen MR) is 110 cm³/mol. The summed E-state index contributed by atoms with van der Waals surface area (Å²) < 4.78 is 2.09. The molecule has 138 valence electrons. The van der Waals surface area contributed by atoms with Gasteiger partial charge in [-0.2, -0.15) is 0 Å². The van der Waals surface area contributed by atoms with Crippen LogP contribution in [-0.4, -0.2) is 40.9 Å². The molecule has 0 atom stereocenters. The Hall–Kier alpha value is -0.860. The van der Waals surface area contributed by atoms with Gasteiger partial charge >= 0.3 is 0 Å². The Kier molecular flexibility index (Phi) is 9.01. The Balaban J connectivity index is 0.00000288. The lowest BCUT2D eigenvalue weighted by Crippen LogP contribution is -2.47. The fraction of sp³-hybridized carbons (Fsp3) is 0.824. The molecule has 1 fully saturated rings. The van der Waals surface area contributed by atoms with Gasteiger partial charge in [-0.15, -0.1) is 34.2 Å². The van der Waals surface area contributed by atoms with Gasteiger partial charge < -0.3 is 15.2 Å². The van der Waals surface area contributed by atoms with Gasteiger partial charge in [0.15, 0.2) is 5.96 Å². The van der Waals surface area contributed by atoms with Crippen molar-refractivity contribution >= 4 is 29.9 Å². The molecule has 2 N–H and O–H groups in total. The summed E-state index contributed by atoms with van der Waals surface area (Å²) in [5, 5.41) is 15.0. The first-order valence-corrected chi connectivity index (χ1v) is 8.90. The van der Waals surface area contributed by atoms with Gasteiger partial charge in [-0.1, -0.05) is 27.2 Å². The first-order chi connectivity index (χ1) is 11.1. The zero-order chi connectivity index (χ0) is 16.7. The van der Waals surface area contributed by atoms with Crippen molar-refractivity contribution in [3.8, 4) is 0 Å². The molecule has 1 saturated carbocycles. The van der Waals surface area contributed by atoms with Crippen LogP contribution in [0.5, 0.6) is 0 Å². The van der Waals surface area contributed by atoms with Crippen LogP contribution in [0.2, 0.25) is 0 Å². The van der Waals surface area contributed by atoms with Gasteiger partial charge in [-0.25, -0.2) is 0 Å². The van der Waals surface area contributed by atoms with E-state index in [4.69, 9.17) is 0 Å². The highest BCUT2D eigenvalue weighted by Crippen LogP contribution is 2.45. The normalized spacial score (nSPS) is 16.5. The number of nitrogens with one attached hydrogen (secondary N) is 2. The molecule has 1 aliphatic rings. The Morgan fingerprint density at radius 1 is 1.38 bits per heavy atom. The van der Waals surface area contributed by atoms with Gasteiger partial charge in [0, 0.05) is 33.1 Å². The number of rotatable bonds is 8. The quantitative estimate of drug-likeness (QED) is 0.365. The van der Waals surface area contributed by atoms with Crippen LogP contribution in [0.15, 0.2) is 11.3 Å². The predicted octanol–water partition coefficient (Wildman–Crippen LogP) is 2.84. The van der Waals surface area contributed by atoms with Crippen molar-refractivity contribution < 1.29 is 0 Å². The number of halogens is 1. The summed E-state index contributed by atoms with van der Waals surface area (Å²) in [6.07, 6.45) is 8.06. The molecule has 2 rings (SSSR count). The largest absolute Gasteiger partial charge is 0.356 e. The zero-order valence-corrected chi connectivity index (χ0v) is 17.8. The van der Waals surface area contributed by atoms with Crippen LogP contribution in [0.25, 0.3) is 0 Å². The fourth-order valence-corrected chi connectivity index (χ4v) is 3.52.